The van der Waals surface area contributed by atoms with Gasteiger partial charge in [0.05, 0.1) is 19.3 Å². The van der Waals surface area contributed by atoms with Gasteiger partial charge in [0.2, 0.25) is 0 Å². The highest BCUT2D eigenvalue weighted by molar-refractivity contribution is 9.10. The van der Waals surface area contributed by atoms with Gasteiger partial charge in [-0.05, 0) is 55.9 Å². The van der Waals surface area contributed by atoms with Crippen LogP contribution in [0, 0.1) is 0 Å². The Hall–Kier alpha value is -0.580. The van der Waals surface area contributed by atoms with Crippen LogP contribution >= 0.6 is 15.9 Å². The van der Waals surface area contributed by atoms with Crippen LogP contribution < -0.4 is 4.74 Å². The highest BCUT2D eigenvalue weighted by Gasteiger charge is 2.17. The monoisotopic (exact) mass is 328 g/mol. The van der Waals surface area contributed by atoms with Crippen LogP contribution in [0.2, 0.25) is 0 Å². The molecule has 2 rings (SSSR count). The fourth-order valence-corrected chi connectivity index (χ4v) is 2.98. The molecule has 0 radical (unpaired) electrons. The van der Waals surface area contributed by atoms with Crippen molar-refractivity contribution in [3.05, 3.63) is 28.2 Å². The van der Waals surface area contributed by atoms with Gasteiger partial charge in [-0.3, -0.25) is 0 Å². The zero-order valence-corrected chi connectivity index (χ0v) is 12.9. The molecule has 2 atom stereocenters. The summed E-state index contributed by atoms with van der Waals surface area (Å²) in [7, 11) is 1.64. The average Bonchev–Trinajstić information content (AvgIpc) is 2.92. The minimum absolute atomic E-state index is 0.404. The Balaban J connectivity index is 1.86. The van der Waals surface area contributed by atoms with Crippen molar-refractivity contribution in [3.63, 3.8) is 0 Å². The summed E-state index contributed by atoms with van der Waals surface area (Å²) in [5.74, 6) is 0.774. The largest absolute Gasteiger partial charge is 0.497 e. The van der Waals surface area contributed by atoms with Crippen LogP contribution in [0.4, 0.5) is 0 Å². The highest BCUT2D eigenvalue weighted by Crippen LogP contribution is 2.31. The van der Waals surface area contributed by atoms with E-state index in [9.17, 15) is 5.11 Å². The summed E-state index contributed by atoms with van der Waals surface area (Å²) in [4.78, 5) is 0. The normalized spacial score (nSPS) is 20.5. The SMILES string of the molecule is COc1ccc(Br)c(C(O)CCCC2CCCO2)c1. The van der Waals surface area contributed by atoms with Crippen molar-refractivity contribution in [3.8, 4) is 5.75 Å². The summed E-state index contributed by atoms with van der Waals surface area (Å²) >= 11 is 3.48. The summed E-state index contributed by atoms with van der Waals surface area (Å²) in [5.41, 5.74) is 0.895. The van der Waals surface area contributed by atoms with Crippen molar-refractivity contribution in [1.29, 1.82) is 0 Å². The molecule has 0 aromatic heterocycles. The molecule has 4 heteroatoms. The molecule has 19 heavy (non-hydrogen) atoms. The predicted octanol–water partition coefficient (Wildman–Crippen LogP) is 3.84. The smallest absolute Gasteiger partial charge is 0.119 e. The van der Waals surface area contributed by atoms with Crippen molar-refractivity contribution >= 4 is 15.9 Å². The van der Waals surface area contributed by atoms with E-state index in [1.807, 2.05) is 18.2 Å². The standard InChI is InChI=1S/C15H21BrO3/c1-18-12-7-8-14(16)13(10-12)15(17)6-2-4-11-5-3-9-19-11/h7-8,10-11,15,17H,2-6,9H2,1H3. The van der Waals surface area contributed by atoms with Crippen LogP contribution in [0.15, 0.2) is 22.7 Å². The minimum atomic E-state index is -0.453. The van der Waals surface area contributed by atoms with Crippen LogP contribution in [0.5, 0.6) is 5.75 Å². The molecule has 0 spiro atoms. The first-order valence-corrected chi connectivity index (χ1v) is 7.63. The van der Waals surface area contributed by atoms with E-state index in [0.717, 1.165) is 41.7 Å². The fourth-order valence-electron chi connectivity index (χ4n) is 2.47. The van der Waals surface area contributed by atoms with Crippen molar-refractivity contribution in [2.45, 2.75) is 44.3 Å². The zero-order valence-electron chi connectivity index (χ0n) is 11.3. The number of ether oxygens (including phenoxy) is 2. The molecule has 0 saturated carbocycles. The summed E-state index contributed by atoms with van der Waals surface area (Å²) in [6.45, 7) is 0.897. The molecule has 1 heterocycles. The second-order valence-electron chi connectivity index (χ2n) is 4.97. The fraction of sp³-hybridized carbons (Fsp3) is 0.600. The van der Waals surface area contributed by atoms with Crippen LogP contribution in [0.1, 0.15) is 43.8 Å². The van der Waals surface area contributed by atoms with Gasteiger partial charge >= 0.3 is 0 Å². The van der Waals surface area contributed by atoms with Crippen molar-refractivity contribution in [1.82, 2.24) is 0 Å². The predicted molar refractivity (Wildman–Crippen MR) is 78.5 cm³/mol. The maximum atomic E-state index is 10.3. The first-order valence-electron chi connectivity index (χ1n) is 6.84. The molecule has 0 aliphatic carbocycles. The Bertz CT molecular complexity index is 402. The molecule has 1 aromatic rings. The molecule has 1 fully saturated rings. The Kier molecular flexibility index (Phi) is 5.67. The Labute approximate surface area is 123 Å². The third-order valence-corrected chi connectivity index (χ3v) is 4.31. The van der Waals surface area contributed by atoms with Gasteiger partial charge in [0.15, 0.2) is 0 Å². The summed E-state index contributed by atoms with van der Waals surface area (Å²) < 4.78 is 11.7. The number of hydrogen-bond donors (Lipinski definition) is 1. The molecule has 1 aliphatic rings. The van der Waals surface area contributed by atoms with Crippen LogP contribution in [0.25, 0.3) is 0 Å². The lowest BCUT2D eigenvalue weighted by Crippen LogP contribution is -2.06. The van der Waals surface area contributed by atoms with Gasteiger partial charge in [-0.2, -0.15) is 0 Å². The average molecular weight is 329 g/mol. The van der Waals surface area contributed by atoms with Crippen LogP contribution in [0.3, 0.4) is 0 Å². The number of hydrogen-bond acceptors (Lipinski definition) is 3. The van der Waals surface area contributed by atoms with E-state index < -0.39 is 6.10 Å². The van der Waals surface area contributed by atoms with Gasteiger partial charge in [0.1, 0.15) is 5.75 Å². The van der Waals surface area contributed by atoms with Gasteiger partial charge in [0, 0.05) is 11.1 Å². The number of halogens is 1. The van der Waals surface area contributed by atoms with Crippen LogP contribution in [-0.2, 0) is 4.74 Å². The number of methoxy groups -OCH3 is 1. The topological polar surface area (TPSA) is 38.7 Å². The Morgan fingerprint density at radius 2 is 2.37 bits per heavy atom. The van der Waals surface area contributed by atoms with E-state index in [1.54, 1.807) is 7.11 Å². The second kappa shape index (κ2) is 7.27. The quantitative estimate of drug-likeness (QED) is 0.862. The molecule has 2 unspecified atom stereocenters. The number of aliphatic hydroxyl groups excluding tert-OH is 1. The van der Waals surface area contributed by atoms with E-state index >= 15 is 0 Å². The lowest BCUT2D eigenvalue weighted by molar-refractivity contribution is 0.0943. The van der Waals surface area contributed by atoms with Crippen molar-refractivity contribution < 1.29 is 14.6 Å². The van der Waals surface area contributed by atoms with Gasteiger partial charge in [-0.25, -0.2) is 0 Å². The lowest BCUT2D eigenvalue weighted by Gasteiger charge is -2.15. The number of aliphatic hydroxyl groups is 1. The number of rotatable bonds is 6. The molecule has 1 N–H and O–H groups in total. The van der Waals surface area contributed by atoms with E-state index in [2.05, 4.69) is 15.9 Å². The first-order chi connectivity index (χ1) is 9.20. The molecular formula is C15H21BrO3. The maximum Gasteiger partial charge on any atom is 0.119 e. The molecule has 1 aliphatic heterocycles. The third kappa shape index (κ3) is 4.20. The van der Waals surface area contributed by atoms with Gasteiger partial charge in [0.25, 0.3) is 0 Å². The lowest BCUT2D eigenvalue weighted by atomic mass is 10.0. The third-order valence-electron chi connectivity index (χ3n) is 3.59. The van der Waals surface area contributed by atoms with Crippen molar-refractivity contribution in [2.24, 2.45) is 0 Å². The van der Waals surface area contributed by atoms with Crippen molar-refractivity contribution in [2.75, 3.05) is 13.7 Å². The molecular weight excluding hydrogens is 308 g/mol. The molecule has 1 aromatic carbocycles. The molecule has 1 saturated heterocycles. The zero-order chi connectivity index (χ0) is 13.7. The maximum absolute atomic E-state index is 10.3. The minimum Gasteiger partial charge on any atom is -0.497 e. The van der Waals surface area contributed by atoms with Crippen LogP contribution in [-0.4, -0.2) is 24.9 Å². The molecule has 0 bridgehead atoms. The van der Waals surface area contributed by atoms with Gasteiger partial charge in [-0.1, -0.05) is 15.9 Å². The van der Waals surface area contributed by atoms with E-state index in [4.69, 9.17) is 9.47 Å². The Morgan fingerprint density at radius 1 is 1.53 bits per heavy atom. The number of benzene rings is 1. The Morgan fingerprint density at radius 3 is 3.05 bits per heavy atom. The first kappa shape index (κ1) is 14.8. The summed E-state index contributed by atoms with van der Waals surface area (Å²) in [6, 6.07) is 5.69. The second-order valence-corrected chi connectivity index (χ2v) is 5.82. The highest BCUT2D eigenvalue weighted by atomic mass is 79.9. The van der Waals surface area contributed by atoms with Gasteiger partial charge in [-0.15, -0.1) is 0 Å². The van der Waals surface area contributed by atoms with E-state index in [-0.39, 0.29) is 0 Å². The van der Waals surface area contributed by atoms with E-state index in [0.29, 0.717) is 6.10 Å². The van der Waals surface area contributed by atoms with E-state index in [1.165, 1.54) is 12.8 Å². The summed E-state index contributed by atoms with van der Waals surface area (Å²) in [6.07, 6.45) is 5.07. The van der Waals surface area contributed by atoms with Gasteiger partial charge < -0.3 is 14.6 Å². The molecule has 0 amide bonds. The molecule has 3 nitrogen and oxygen atoms in total. The summed E-state index contributed by atoms with van der Waals surface area (Å²) in [5, 5.41) is 10.3. The molecule has 106 valence electrons.